The van der Waals surface area contributed by atoms with Gasteiger partial charge in [-0.3, -0.25) is 0 Å². The lowest BCUT2D eigenvalue weighted by molar-refractivity contribution is 0.0905. The lowest BCUT2D eigenvalue weighted by Gasteiger charge is -2.20. The third-order valence-electron chi connectivity index (χ3n) is 4.08. The fourth-order valence-electron chi connectivity index (χ4n) is 3.00. The minimum atomic E-state index is 0.250. The Morgan fingerprint density at radius 2 is 2.05 bits per heavy atom. The molecular formula is C17H23NO2. The van der Waals surface area contributed by atoms with Crippen LogP contribution in [0.25, 0.3) is 0 Å². The molecule has 0 amide bonds. The van der Waals surface area contributed by atoms with Crippen LogP contribution in [0, 0.1) is 5.92 Å². The summed E-state index contributed by atoms with van der Waals surface area (Å²) in [6.45, 7) is 4.49. The van der Waals surface area contributed by atoms with E-state index < -0.39 is 0 Å². The molecule has 1 aromatic rings. The van der Waals surface area contributed by atoms with Crippen molar-refractivity contribution in [2.24, 2.45) is 5.92 Å². The van der Waals surface area contributed by atoms with Gasteiger partial charge in [0.05, 0.1) is 19.3 Å². The molecule has 2 aliphatic rings. The van der Waals surface area contributed by atoms with E-state index in [1.54, 1.807) is 0 Å². The fraction of sp³-hybridized carbons (Fsp3) is 0.529. The molecule has 3 rings (SSSR count). The first-order valence-electron chi connectivity index (χ1n) is 7.56. The molecular weight excluding hydrogens is 250 g/mol. The minimum absolute atomic E-state index is 0.250. The van der Waals surface area contributed by atoms with Crippen molar-refractivity contribution in [1.82, 2.24) is 5.32 Å². The largest absolute Gasteiger partial charge is 0.377 e. The summed E-state index contributed by atoms with van der Waals surface area (Å²) in [6, 6.07) is 10.6. The number of rotatable bonds is 5. The molecule has 1 N–H and O–H groups in total. The molecule has 0 unspecified atom stereocenters. The van der Waals surface area contributed by atoms with Crippen LogP contribution in [0.1, 0.15) is 24.5 Å². The van der Waals surface area contributed by atoms with Gasteiger partial charge in [-0.1, -0.05) is 36.4 Å². The zero-order valence-electron chi connectivity index (χ0n) is 11.9. The molecule has 0 saturated carbocycles. The molecule has 0 bridgehead atoms. The van der Waals surface area contributed by atoms with Crippen LogP contribution in [-0.2, 0) is 9.47 Å². The molecule has 1 fully saturated rings. The fourth-order valence-corrected chi connectivity index (χ4v) is 3.00. The Morgan fingerprint density at radius 3 is 2.85 bits per heavy atom. The summed E-state index contributed by atoms with van der Waals surface area (Å²) in [6.07, 6.45) is 4.74. The summed E-state index contributed by atoms with van der Waals surface area (Å²) in [5.74, 6) is 0.572. The van der Waals surface area contributed by atoms with Gasteiger partial charge in [-0.2, -0.15) is 0 Å². The summed E-state index contributed by atoms with van der Waals surface area (Å²) in [4.78, 5) is 0. The third-order valence-corrected chi connectivity index (χ3v) is 4.08. The summed E-state index contributed by atoms with van der Waals surface area (Å²) in [5, 5.41) is 3.57. The smallest absolute Gasteiger partial charge is 0.0866 e. The quantitative estimate of drug-likeness (QED) is 0.837. The SMILES string of the molecule is C1=C(CNC[C@H]2CCO[C@@H]2c2ccccc2)COCC1. The Kier molecular flexibility index (Phi) is 4.85. The van der Waals surface area contributed by atoms with Crippen LogP contribution < -0.4 is 5.32 Å². The Hall–Kier alpha value is -1.16. The van der Waals surface area contributed by atoms with E-state index in [1.165, 1.54) is 11.1 Å². The number of nitrogens with one attached hydrogen (secondary N) is 1. The summed E-state index contributed by atoms with van der Waals surface area (Å²) in [7, 11) is 0. The standard InChI is InChI=1S/C17H23NO2/c1-2-6-15(7-3-1)17-16(8-10-20-17)12-18-11-14-5-4-9-19-13-14/h1-3,5-7,16-18H,4,8-13H2/t16-,17-/m1/s1. The van der Waals surface area contributed by atoms with Gasteiger partial charge < -0.3 is 14.8 Å². The second-order valence-electron chi connectivity index (χ2n) is 5.59. The molecule has 1 saturated heterocycles. The van der Waals surface area contributed by atoms with Crippen molar-refractivity contribution in [1.29, 1.82) is 0 Å². The third kappa shape index (κ3) is 3.48. The molecule has 0 spiro atoms. The lowest BCUT2D eigenvalue weighted by Crippen LogP contribution is -2.28. The number of hydrogen-bond acceptors (Lipinski definition) is 3. The summed E-state index contributed by atoms with van der Waals surface area (Å²) < 4.78 is 11.4. The Bertz CT molecular complexity index is 444. The Labute approximate surface area is 121 Å². The van der Waals surface area contributed by atoms with E-state index in [0.717, 1.165) is 45.8 Å². The van der Waals surface area contributed by atoms with Crippen LogP contribution >= 0.6 is 0 Å². The average Bonchev–Trinajstić information content (AvgIpc) is 2.98. The number of hydrogen-bond donors (Lipinski definition) is 1. The first-order valence-corrected chi connectivity index (χ1v) is 7.56. The van der Waals surface area contributed by atoms with E-state index in [9.17, 15) is 0 Å². The van der Waals surface area contributed by atoms with Crippen molar-refractivity contribution < 1.29 is 9.47 Å². The van der Waals surface area contributed by atoms with E-state index in [4.69, 9.17) is 9.47 Å². The molecule has 0 aliphatic carbocycles. The van der Waals surface area contributed by atoms with Crippen molar-refractivity contribution in [3.8, 4) is 0 Å². The highest BCUT2D eigenvalue weighted by atomic mass is 16.5. The van der Waals surface area contributed by atoms with Crippen molar-refractivity contribution in [3.63, 3.8) is 0 Å². The molecule has 2 aliphatic heterocycles. The van der Waals surface area contributed by atoms with E-state index >= 15 is 0 Å². The molecule has 2 heterocycles. The first kappa shape index (κ1) is 13.8. The van der Waals surface area contributed by atoms with Gasteiger partial charge in [-0.25, -0.2) is 0 Å². The summed E-state index contributed by atoms with van der Waals surface area (Å²) in [5.41, 5.74) is 2.68. The highest BCUT2D eigenvalue weighted by molar-refractivity contribution is 5.19. The zero-order chi connectivity index (χ0) is 13.6. The number of benzene rings is 1. The Morgan fingerprint density at radius 1 is 1.15 bits per heavy atom. The van der Waals surface area contributed by atoms with Crippen LogP contribution in [0.5, 0.6) is 0 Å². The molecule has 20 heavy (non-hydrogen) atoms. The van der Waals surface area contributed by atoms with E-state index in [-0.39, 0.29) is 6.10 Å². The highest BCUT2D eigenvalue weighted by Gasteiger charge is 2.29. The molecule has 3 heteroatoms. The molecule has 1 aromatic carbocycles. The maximum absolute atomic E-state index is 5.91. The van der Waals surface area contributed by atoms with Crippen LogP contribution in [0.2, 0.25) is 0 Å². The van der Waals surface area contributed by atoms with Gasteiger partial charge in [-0.15, -0.1) is 0 Å². The van der Waals surface area contributed by atoms with Crippen molar-refractivity contribution in [2.45, 2.75) is 18.9 Å². The average molecular weight is 273 g/mol. The van der Waals surface area contributed by atoms with Gasteiger partial charge in [0.25, 0.3) is 0 Å². The van der Waals surface area contributed by atoms with Gasteiger partial charge in [0, 0.05) is 25.6 Å². The molecule has 3 nitrogen and oxygen atoms in total. The van der Waals surface area contributed by atoms with Crippen LogP contribution in [0.3, 0.4) is 0 Å². The van der Waals surface area contributed by atoms with Gasteiger partial charge in [0.2, 0.25) is 0 Å². The van der Waals surface area contributed by atoms with Crippen molar-refractivity contribution >= 4 is 0 Å². The second-order valence-corrected chi connectivity index (χ2v) is 5.59. The first-order chi connectivity index (χ1) is 9.93. The molecule has 0 aromatic heterocycles. The van der Waals surface area contributed by atoms with Gasteiger partial charge >= 0.3 is 0 Å². The molecule has 2 atom stereocenters. The minimum Gasteiger partial charge on any atom is -0.377 e. The Balaban J connectivity index is 1.50. The predicted octanol–water partition coefficient (Wildman–Crippen LogP) is 2.70. The zero-order valence-corrected chi connectivity index (χ0v) is 11.9. The maximum Gasteiger partial charge on any atom is 0.0866 e. The number of ether oxygens (including phenoxy) is 2. The molecule has 0 radical (unpaired) electrons. The van der Waals surface area contributed by atoms with E-state index in [0.29, 0.717) is 5.92 Å². The van der Waals surface area contributed by atoms with Gasteiger partial charge in [-0.05, 0) is 24.0 Å². The molecule has 108 valence electrons. The van der Waals surface area contributed by atoms with Crippen molar-refractivity contribution in [2.75, 3.05) is 32.9 Å². The highest BCUT2D eigenvalue weighted by Crippen LogP contribution is 2.33. The van der Waals surface area contributed by atoms with E-state index in [1.807, 2.05) is 0 Å². The van der Waals surface area contributed by atoms with Gasteiger partial charge in [0.15, 0.2) is 0 Å². The van der Waals surface area contributed by atoms with Gasteiger partial charge in [0.1, 0.15) is 0 Å². The predicted molar refractivity (Wildman–Crippen MR) is 79.6 cm³/mol. The maximum atomic E-state index is 5.91. The van der Waals surface area contributed by atoms with E-state index in [2.05, 4.69) is 41.7 Å². The topological polar surface area (TPSA) is 30.5 Å². The normalized spacial score (nSPS) is 26.5. The van der Waals surface area contributed by atoms with Crippen molar-refractivity contribution in [3.05, 3.63) is 47.5 Å². The second kappa shape index (κ2) is 7.02. The van der Waals surface area contributed by atoms with Crippen LogP contribution in [0.15, 0.2) is 42.0 Å². The van der Waals surface area contributed by atoms with Crippen LogP contribution in [0.4, 0.5) is 0 Å². The summed E-state index contributed by atoms with van der Waals surface area (Å²) >= 11 is 0. The van der Waals surface area contributed by atoms with Crippen LogP contribution in [-0.4, -0.2) is 32.9 Å². The monoisotopic (exact) mass is 273 g/mol. The lowest BCUT2D eigenvalue weighted by atomic mass is 9.95.